The molecule has 0 fully saturated rings. The first-order chi connectivity index (χ1) is 10.1. The summed E-state index contributed by atoms with van der Waals surface area (Å²) in [5.74, 6) is -1.02. The maximum atomic E-state index is 13.8. The molecule has 0 saturated carbocycles. The number of carbonyl (C=O) groups excluding carboxylic acids is 1. The Bertz CT molecular complexity index is 613. The standard InChI is InChI=1S/C17H19FN2O/c1-2-6-16(12-7-4-3-5-8-12)20-17(21)14-10-9-13(19)11-15(14)18/h3-5,7-11,16H,2,6,19H2,1H3,(H,20,21). The first-order valence-corrected chi connectivity index (χ1v) is 7.02. The van der Waals surface area contributed by atoms with Crippen LogP contribution in [0.4, 0.5) is 10.1 Å². The number of anilines is 1. The molecule has 4 heteroatoms. The van der Waals surface area contributed by atoms with Crippen molar-refractivity contribution in [2.45, 2.75) is 25.8 Å². The molecular weight excluding hydrogens is 267 g/mol. The molecule has 2 aromatic carbocycles. The number of halogens is 1. The lowest BCUT2D eigenvalue weighted by Crippen LogP contribution is -2.29. The Morgan fingerprint density at radius 3 is 2.57 bits per heavy atom. The van der Waals surface area contributed by atoms with Crippen molar-refractivity contribution in [3.63, 3.8) is 0 Å². The Morgan fingerprint density at radius 1 is 1.24 bits per heavy atom. The minimum atomic E-state index is -0.601. The fourth-order valence-electron chi connectivity index (χ4n) is 2.25. The lowest BCUT2D eigenvalue weighted by Gasteiger charge is -2.19. The van der Waals surface area contributed by atoms with Crippen LogP contribution in [-0.4, -0.2) is 5.91 Å². The molecule has 21 heavy (non-hydrogen) atoms. The van der Waals surface area contributed by atoms with E-state index in [0.717, 1.165) is 24.5 Å². The van der Waals surface area contributed by atoms with Gasteiger partial charge in [0.1, 0.15) is 5.82 Å². The second-order valence-electron chi connectivity index (χ2n) is 4.96. The maximum absolute atomic E-state index is 13.8. The van der Waals surface area contributed by atoms with Gasteiger partial charge in [-0.2, -0.15) is 0 Å². The largest absolute Gasteiger partial charge is 0.399 e. The van der Waals surface area contributed by atoms with Crippen LogP contribution in [0.15, 0.2) is 48.5 Å². The Kier molecular flexibility index (Phi) is 4.93. The van der Waals surface area contributed by atoms with Crippen LogP contribution in [0.3, 0.4) is 0 Å². The molecule has 2 aromatic rings. The highest BCUT2D eigenvalue weighted by Crippen LogP contribution is 2.20. The zero-order valence-corrected chi connectivity index (χ0v) is 12.0. The highest BCUT2D eigenvalue weighted by atomic mass is 19.1. The summed E-state index contributed by atoms with van der Waals surface area (Å²) in [7, 11) is 0. The van der Waals surface area contributed by atoms with E-state index in [1.165, 1.54) is 12.1 Å². The van der Waals surface area contributed by atoms with E-state index in [1.54, 1.807) is 0 Å². The third kappa shape index (κ3) is 3.81. The van der Waals surface area contributed by atoms with E-state index in [1.807, 2.05) is 37.3 Å². The molecule has 0 aliphatic rings. The first-order valence-electron chi connectivity index (χ1n) is 7.02. The molecule has 110 valence electrons. The van der Waals surface area contributed by atoms with Crippen LogP contribution in [0, 0.1) is 5.82 Å². The van der Waals surface area contributed by atoms with Gasteiger partial charge in [-0.25, -0.2) is 4.39 Å². The number of benzene rings is 2. The van der Waals surface area contributed by atoms with Gasteiger partial charge in [0.25, 0.3) is 5.91 Å². The first kappa shape index (κ1) is 15.0. The van der Waals surface area contributed by atoms with E-state index >= 15 is 0 Å². The predicted molar refractivity (Wildman–Crippen MR) is 82.4 cm³/mol. The molecule has 1 unspecified atom stereocenters. The number of hydrogen-bond donors (Lipinski definition) is 2. The summed E-state index contributed by atoms with van der Waals surface area (Å²) in [6, 6.07) is 13.7. The monoisotopic (exact) mass is 286 g/mol. The van der Waals surface area contributed by atoms with Gasteiger partial charge >= 0.3 is 0 Å². The summed E-state index contributed by atoms with van der Waals surface area (Å²) < 4.78 is 13.8. The molecule has 1 atom stereocenters. The molecule has 0 radical (unpaired) electrons. The molecule has 3 N–H and O–H groups in total. The molecule has 0 saturated heterocycles. The van der Waals surface area contributed by atoms with Crippen molar-refractivity contribution in [2.75, 3.05) is 5.73 Å². The van der Waals surface area contributed by atoms with Gasteiger partial charge in [-0.05, 0) is 30.2 Å². The lowest BCUT2D eigenvalue weighted by molar-refractivity contribution is 0.0930. The van der Waals surface area contributed by atoms with Crippen LogP contribution < -0.4 is 11.1 Å². The fraction of sp³-hybridized carbons (Fsp3) is 0.235. The van der Waals surface area contributed by atoms with E-state index < -0.39 is 11.7 Å². The van der Waals surface area contributed by atoms with Gasteiger partial charge in [-0.3, -0.25) is 4.79 Å². The summed E-state index contributed by atoms with van der Waals surface area (Å²) in [5.41, 5.74) is 6.83. The summed E-state index contributed by atoms with van der Waals surface area (Å²) >= 11 is 0. The van der Waals surface area contributed by atoms with Crippen molar-refractivity contribution in [3.8, 4) is 0 Å². The van der Waals surface area contributed by atoms with Crippen molar-refractivity contribution >= 4 is 11.6 Å². The molecule has 0 aliphatic carbocycles. The van der Waals surface area contributed by atoms with Crippen LogP contribution in [0.2, 0.25) is 0 Å². The molecule has 0 spiro atoms. The van der Waals surface area contributed by atoms with Crippen LogP contribution >= 0.6 is 0 Å². The number of nitrogens with two attached hydrogens (primary N) is 1. The minimum Gasteiger partial charge on any atom is -0.399 e. The Morgan fingerprint density at radius 2 is 1.95 bits per heavy atom. The number of carbonyl (C=O) groups is 1. The average Bonchev–Trinajstić information content (AvgIpc) is 2.47. The summed E-state index contributed by atoms with van der Waals surface area (Å²) in [6.07, 6.45) is 1.72. The fourth-order valence-corrected chi connectivity index (χ4v) is 2.25. The predicted octanol–water partition coefficient (Wildman–Crippen LogP) is 3.68. The summed E-state index contributed by atoms with van der Waals surface area (Å²) in [6.45, 7) is 2.05. The van der Waals surface area contributed by atoms with E-state index in [4.69, 9.17) is 5.73 Å². The van der Waals surface area contributed by atoms with Crippen molar-refractivity contribution in [3.05, 3.63) is 65.5 Å². The Labute approximate surface area is 124 Å². The van der Waals surface area contributed by atoms with Crippen molar-refractivity contribution in [1.29, 1.82) is 0 Å². The number of nitrogen functional groups attached to an aromatic ring is 1. The molecule has 1 amide bonds. The normalized spacial score (nSPS) is 11.9. The van der Waals surface area contributed by atoms with Crippen LogP contribution in [0.25, 0.3) is 0 Å². The molecule has 0 aromatic heterocycles. The Balaban J connectivity index is 2.18. The third-order valence-electron chi connectivity index (χ3n) is 3.32. The minimum absolute atomic E-state index is 0.0150. The average molecular weight is 286 g/mol. The SMILES string of the molecule is CCCC(NC(=O)c1ccc(N)cc1F)c1ccccc1. The lowest BCUT2D eigenvalue weighted by atomic mass is 10.0. The Hall–Kier alpha value is -2.36. The van der Waals surface area contributed by atoms with E-state index in [9.17, 15) is 9.18 Å². The summed E-state index contributed by atoms with van der Waals surface area (Å²) in [4.78, 5) is 12.2. The highest BCUT2D eigenvalue weighted by Gasteiger charge is 2.17. The van der Waals surface area contributed by atoms with Gasteiger partial charge in [0.05, 0.1) is 11.6 Å². The zero-order valence-electron chi connectivity index (χ0n) is 12.0. The molecule has 0 bridgehead atoms. The van der Waals surface area contributed by atoms with E-state index in [-0.39, 0.29) is 11.6 Å². The van der Waals surface area contributed by atoms with Crippen molar-refractivity contribution < 1.29 is 9.18 Å². The second-order valence-corrected chi connectivity index (χ2v) is 4.96. The number of nitrogens with one attached hydrogen (secondary N) is 1. The number of hydrogen-bond acceptors (Lipinski definition) is 2. The topological polar surface area (TPSA) is 55.1 Å². The third-order valence-corrected chi connectivity index (χ3v) is 3.32. The van der Waals surface area contributed by atoms with Gasteiger partial charge in [0.15, 0.2) is 0 Å². The smallest absolute Gasteiger partial charge is 0.254 e. The molecule has 3 nitrogen and oxygen atoms in total. The number of rotatable bonds is 5. The van der Waals surface area contributed by atoms with E-state index in [2.05, 4.69) is 5.32 Å². The van der Waals surface area contributed by atoms with Crippen molar-refractivity contribution in [1.82, 2.24) is 5.32 Å². The molecule has 0 aliphatic heterocycles. The number of amides is 1. The summed E-state index contributed by atoms with van der Waals surface area (Å²) in [5, 5.41) is 2.89. The molecular formula is C17H19FN2O. The van der Waals surface area contributed by atoms with Gasteiger partial charge in [-0.15, -0.1) is 0 Å². The van der Waals surface area contributed by atoms with Crippen LogP contribution in [0.5, 0.6) is 0 Å². The van der Waals surface area contributed by atoms with Gasteiger partial charge < -0.3 is 11.1 Å². The second kappa shape index (κ2) is 6.88. The van der Waals surface area contributed by atoms with Gasteiger partial charge in [0.2, 0.25) is 0 Å². The quantitative estimate of drug-likeness (QED) is 0.824. The molecule has 0 heterocycles. The van der Waals surface area contributed by atoms with Crippen LogP contribution in [-0.2, 0) is 0 Å². The van der Waals surface area contributed by atoms with Gasteiger partial charge in [-0.1, -0.05) is 43.7 Å². The van der Waals surface area contributed by atoms with Crippen LogP contribution in [0.1, 0.15) is 41.7 Å². The van der Waals surface area contributed by atoms with E-state index in [0.29, 0.717) is 5.69 Å². The van der Waals surface area contributed by atoms with Crippen molar-refractivity contribution in [2.24, 2.45) is 0 Å². The molecule has 2 rings (SSSR count). The highest BCUT2D eigenvalue weighted by molar-refractivity contribution is 5.95. The maximum Gasteiger partial charge on any atom is 0.254 e. The van der Waals surface area contributed by atoms with Gasteiger partial charge in [0, 0.05) is 5.69 Å². The zero-order chi connectivity index (χ0) is 15.2.